The van der Waals surface area contributed by atoms with E-state index >= 15 is 0 Å². The van der Waals surface area contributed by atoms with E-state index in [2.05, 4.69) is 18.5 Å². The molecule has 1 aromatic carbocycles. The first-order valence-corrected chi connectivity index (χ1v) is 4.78. The zero-order valence-corrected chi connectivity index (χ0v) is 8.99. The summed E-state index contributed by atoms with van der Waals surface area (Å²) in [5.41, 5.74) is 1.19. The van der Waals surface area contributed by atoms with Crippen molar-refractivity contribution in [3.63, 3.8) is 0 Å². The summed E-state index contributed by atoms with van der Waals surface area (Å²) < 4.78 is 36.8. The normalized spacial score (nSPS) is 11.2. The highest BCUT2D eigenvalue weighted by Crippen LogP contribution is 2.24. The van der Waals surface area contributed by atoms with Gasteiger partial charge in [-0.2, -0.15) is 0 Å². The fourth-order valence-electron chi connectivity index (χ4n) is 1.37. The van der Waals surface area contributed by atoms with E-state index in [4.69, 9.17) is 6.42 Å². The van der Waals surface area contributed by atoms with Crippen molar-refractivity contribution in [1.29, 1.82) is 0 Å². The number of terminal acetylenes is 1. The summed E-state index contributed by atoms with van der Waals surface area (Å²) in [5, 5.41) is 0. The molecule has 0 unspecified atom stereocenters. The predicted molar refractivity (Wildman–Crippen MR) is 59.1 cm³/mol. The van der Waals surface area contributed by atoms with Crippen LogP contribution in [0, 0.1) is 19.3 Å². The fraction of sp³-hybridized carbons (Fsp3) is 0.200. The molecule has 0 radical (unpaired) electrons. The predicted octanol–water partition coefficient (Wildman–Crippen LogP) is 3.19. The number of hydrogen-bond donors (Lipinski definition) is 1. The quantitative estimate of drug-likeness (QED) is 0.449. The van der Waals surface area contributed by atoms with Crippen LogP contribution in [0.25, 0.3) is 0 Å². The second-order valence-corrected chi connectivity index (χ2v) is 3.85. The van der Waals surface area contributed by atoms with Crippen LogP contribution in [-0.4, -0.2) is 6.98 Å². The van der Waals surface area contributed by atoms with E-state index < -0.39 is 13.3 Å². The van der Waals surface area contributed by atoms with E-state index in [-0.39, 0.29) is 5.56 Å². The van der Waals surface area contributed by atoms with Gasteiger partial charge in [0.15, 0.2) is 0 Å². The Labute approximate surface area is 92.3 Å². The van der Waals surface area contributed by atoms with Gasteiger partial charge in [0.05, 0.1) is 0 Å². The van der Waals surface area contributed by atoms with Crippen molar-refractivity contribution in [1.82, 2.24) is 0 Å². The Morgan fingerprint density at radius 2 is 2.00 bits per heavy atom. The highest BCUT2D eigenvalue weighted by Gasteiger charge is 2.24. The van der Waals surface area contributed by atoms with Gasteiger partial charge in [-0.1, -0.05) is 17.8 Å². The second kappa shape index (κ2) is 4.24. The van der Waals surface area contributed by atoms with Crippen molar-refractivity contribution >= 4 is 19.6 Å². The number of rotatable bonds is 2. The largest absolute Gasteiger partial charge is 0.482 e. The van der Waals surface area contributed by atoms with Crippen molar-refractivity contribution in [3.8, 4) is 12.3 Å². The zero-order chi connectivity index (χ0) is 11.6. The summed E-state index contributed by atoms with van der Waals surface area (Å²) in [5.74, 6) is 2.35. The first kappa shape index (κ1) is 12.1. The van der Waals surface area contributed by atoms with Crippen LogP contribution in [0.1, 0.15) is 16.7 Å². The number of thiol groups is 1. The van der Waals surface area contributed by atoms with Crippen molar-refractivity contribution in [2.24, 2.45) is 0 Å². The van der Waals surface area contributed by atoms with Gasteiger partial charge in [0.1, 0.15) is 0 Å². The molecular weight excluding hydrogens is 220 g/mol. The Hall–Kier alpha value is -1.02. The van der Waals surface area contributed by atoms with Gasteiger partial charge in [0, 0.05) is 10.5 Å². The Bertz CT molecular complexity index is 418. The molecule has 1 aromatic rings. The maximum atomic E-state index is 12.3. The molecule has 15 heavy (non-hydrogen) atoms. The summed E-state index contributed by atoms with van der Waals surface area (Å²) in [6.45, 7) is -3.24. The van der Waals surface area contributed by atoms with Crippen molar-refractivity contribution in [2.75, 3.05) is 0 Å². The molecule has 0 fully saturated rings. The van der Waals surface area contributed by atoms with E-state index in [1.807, 2.05) is 0 Å². The van der Waals surface area contributed by atoms with Gasteiger partial charge in [-0.25, -0.2) is 0 Å². The van der Waals surface area contributed by atoms with Crippen LogP contribution in [0.15, 0.2) is 17.0 Å². The second-order valence-electron chi connectivity index (χ2n) is 3.34. The van der Waals surface area contributed by atoms with Gasteiger partial charge in [-0.05, 0) is 24.6 Å². The standard InChI is InChI=1S/C10H9BF3S/c1-3-8-4-10(15)5-9(7(8)2)6-11(12,13)14/h1,4-5,15H,6H2,2H3/q-1. The summed E-state index contributed by atoms with van der Waals surface area (Å²) in [6, 6.07) is 3.00. The van der Waals surface area contributed by atoms with Gasteiger partial charge in [-0.15, -0.1) is 19.1 Å². The molecule has 0 saturated carbocycles. The fourth-order valence-corrected chi connectivity index (χ4v) is 1.65. The SMILES string of the molecule is C#Cc1cc(S)cc(C[B-](F)(F)F)c1C. The van der Waals surface area contributed by atoms with Crippen molar-refractivity contribution in [2.45, 2.75) is 18.1 Å². The lowest BCUT2D eigenvalue weighted by Crippen LogP contribution is -2.20. The Morgan fingerprint density at radius 1 is 1.40 bits per heavy atom. The highest BCUT2D eigenvalue weighted by atomic mass is 32.1. The lowest BCUT2D eigenvalue weighted by molar-refractivity contribution is 0.468. The summed E-state index contributed by atoms with van der Waals surface area (Å²) in [6.07, 6.45) is 4.28. The molecule has 0 aliphatic rings. The molecule has 0 amide bonds. The third-order valence-electron chi connectivity index (χ3n) is 2.11. The number of halogens is 3. The Balaban J connectivity index is 3.20. The van der Waals surface area contributed by atoms with Gasteiger partial charge in [0.25, 0.3) is 0 Å². The van der Waals surface area contributed by atoms with Gasteiger partial charge in [-0.3, -0.25) is 0 Å². The van der Waals surface area contributed by atoms with Gasteiger partial charge in [0.2, 0.25) is 0 Å². The monoisotopic (exact) mass is 229 g/mol. The Kier molecular flexibility index (Phi) is 3.40. The molecule has 0 aliphatic carbocycles. The molecule has 0 saturated heterocycles. The molecule has 0 aromatic heterocycles. The van der Waals surface area contributed by atoms with E-state index in [9.17, 15) is 12.9 Å². The Morgan fingerprint density at radius 3 is 2.47 bits per heavy atom. The van der Waals surface area contributed by atoms with Crippen LogP contribution in [0.4, 0.5) is 12.9 Å². The van der Waals surface area contributed by atoms with Crippen LogP contribution < -0.4 is 0 Å². The van der Waals surface area contributed by atoms with Crippen LogP contribution in [0.3, 0.4) is 0 Å². The average Bonchev–Trinajstić information content (AvgIpc) is 2.08. The molecule has 0 N–H and O–H groups in total. The molecule has 0 nitrogen and oxygen atoms in total. The maximum absolute atomic E-state index is 12.3. The smallest absolute Gasteiger partial charge is 0.449 e. The summed E-state index contributed by atoms with van der Waals surface area (Å²) in [4.78, 5) is 0.462. The first-order valence-electron chi connectivity index (χ1n) is 4.33. The lowest BCUT2D eigenvalue weighted by atomic mass is 9.79. The van der Waals surface area contributed by atoms with Gasteiger partial charge >= 0.3 is 6.98 Å². The molecule has 0 heterocycles. The molecular formula is C10H9BF3S-. The maximum Gasteiger partial charge on any atom is 0.482 e. The van der Waals surface area contributed by atoms with Crippen molar-refractivity contribution < 1.29 is 12.9 Å². The third kappa shape index (κ3) is 3.24. The molecule has 1 rings (SSSR count). The highest BCUT2D eigenvalue weighted by molar-refractivity contribution is 7.80. The topological polar surface area (TPSA) is 0 Å². The van der Waals surface area contributed by atoms with Gasteiger partial charge < -0.3 is 12.9 Å². The average molecular weight is 229 g/mol. The van der Waals surface area contributed by atoms with Crippen LogP contribution >= 0.6 is 12.6 Å². The van der Waals surface area contributed by atoms with Crippen LogP contribution in [-0.2, 0) is 6.32 Å². The molecule has 0 bridgehead atoms. The molecule has 0 atom stereocenters. The minimum atomic E-state index is -4.84. The molecule has 80 valence electrons. The summed E-state index contributed by atoms with van der Waals surface area (Å²) in [7, 11) is 0. The number of benzene rings is 1. The minimum Gasteiger partial charge on any atom is -0.449 e. The van der Waals surface area contributed by atoms with E-state index in [0.29, 0.717) is 16.0 Å². The van der Waals surface area contributed by atoms with Crippen molar-refractivity contribution in [3.05, 3.63) is 28.8 Å². The summed E-state index contributed by atoms with van der Waals surface area (Å²) >= 11 is 4.02. The molecule has 5 heteroatoms. The van der Waals surface area contributed by atoms with E-state index in [1.165, 1.54) is 6.07 Å². The molecule has 0 spiro atoms. The third-order valence-corrected chi connectivity index (χ3v) is 2.37. The lowest BCUT2D eigenvalue weighted by Gasteiger charge is -2.16. The first-order chi connectivity index (χ1) is 6.83. The van der Waals surface area contributed by atoms with Crippen LogP contribution in [0.2, 0.25) is 0 Å². The van der Waals surface area contributed by atoms with E-state index in [1.54, 1.807) is 13.0 Å². The zero-order valence-electron chi connectivity index (χ0n) is 8.10. The van der Waals surface area contributed by atoms with Crippen LogP contribution in [0.5, 0.6) is 0 Å². The van der Waals surface area contributed by atoms with E-state index in [0.717, 1.165) is 0 Å². The number of hydrogen-bond acceptors (Lipinski definition) is 1. The minimum absolute atomic E-state index is 0.211. The molecule has 0 aliphatic heterocycles.